The summed E-state index contributed by atoms with van der Waals surface area (Å²) in [6.07, 6.45) is 0. The standard InChI is InChI=1S/C53H50N2O6S3/c1-39-15-9-12-22-48(39)54(29-31-59-33-35-62-43-17-5-3-6-18-43)41-25-27-45-50(37-41)61-51-38-42(26-28-46(51)53(45)47-21-11-14-24-52(47)64(56,57)58)55(49-23-13-10-16-40(49)2)30-32-60-34-36-63-44-19-7-4-8-20-44/h3-28,37-38H,29-36H2,1-2H3. The fourth-order valence-corrected chi connectivity index (χ4v) is 10.1. The van der Waals surface area contributed by atoms with Crippen molar-refractivity contribution in [1.29, 1.82) is 0 Å². The second-order valence-electron chi connectivity index (χ2n) is 15.2. The second kappa shape index (κ2) is 21.3. The van der Waals surface area contributed by atoms with Crippen LogP contribution in [0, 0.1) is 13.8 Å². The van der Waals surface area contributed by atoms with Gasteiger partial charge in [-0.15, -0.1) is 23.5 Å². The summed E-state index contributed by atoms with van der Waals surface area (Å²) < 4.78 is 60.0. The molecule has 8 nitrogen and oxygen atoms in total. The lowest BCUT2D eigenvalue weighted by molar-refractivity contribution is 0.151. The van der Waals surface area contributed by atoms with Gasteiger partial charge in [0, 0.05) is 85.1 Å². The van der Waals surface area contributed by atoms with Crippen molar-refractivity contribution >= 4 is 61.7 Å². The smallest absolute Gasteiger partial charge is 0.209 e. The number of hydrogen-bond acceptors (Lipinski definition) is 9. The third kappa shape index (κ3) is 11.0. The first kappa shape index (κ1) is 44.9. The minimum atomic E-state index is -4.84. The molecule has 0 saturated heterocycles. The van der Waals surface area contributed by atoms with Crippen LogP contribution in [0.15, 0.2) is 189 Å². The van der Waals surface area contributed by atoms with E-state index >= 15 is 0 Å². The van der Waals surface area contributed by atoms with Gasteiger partial charge in [-0.3, -0.25) is 0 Å². The van der Waals surface area contributed by atoms with Crippen LogP contribution < -0.4 is 14.8 Å². The monoisotopic (exact) mass is 906 g/mol. The van der Waals surface area contributed by atoms with E-state index in [0.29, 0.717) is 72.9 Å². The van der Waals surface area contributed by atoms with Crippen molar-refractivity contribution in [2.45, 2.75) is 28.5 Å². The number of hydrogen-bond donors (Lipinski definition) is 0. The summed E-state index contributed by atoms with van der Waals surface area (Å²) in [5.74, 6) is 2.21. The van der Waals surface area contributed by atoms with E-state index < -0.39 is 10.1 Å². The summed E-state index contributed by atoms with van der Waals surface area (Å²) in [6.45, 7) is 7.52. The Hall–Kier alpha value is -5.66. The molecule has 326 valence electrons. The quantitative estimate of drug-likeness (QED) is 0.0258. The van der Waals surface area contributed by atoms with E-state index in [4.69, 9.17) is 13.9 Å². The van der Waals surface area contributed by atoms with Crippen molar-refractivity contribution < 1.29 is 26.9 Å². The molecule has 0 radical (unpaired) electrons. The molecule has 0 aromatic heterocycles. The van der Waals surface area contributed by atoms with Gasteiger partial charge in [0.2, 0.25) is 11.0 Å². The van der Waals surface area contributed by atoms with Crippen LogP contribution in [0.5, 0.6) is 0 Å². The van der Waals surface area contributed by atoms with E-state index in [1.807, 2.05) is 97.1 Å². The highest BCUT2D eigenvalue weighted by molar-refractivity contribution is 7.99. The lowest BCUT2D eigenvalue weighted by atomic mass is 9.93. The highest BCUT2D eigenvalue weighted by Crippen LogP contribution is 2.43. The first-order valence-corrected chi connectivity index (χ1v) is 24.7. The first-order valence-electron chi connectivity index (χ1n) is 21.3. The predicted molar refractivity (Wildman–Crippen MR) is 261 cm³/mol. The summed E-state index contributed by atoms with van der Waals surface area (Å²) in [5.41, 5.74) is 7.29. The van der Waals surface area contributed by atoms with Gasteiger partial charge in [-0.1, -0.05) is 91.0 Å². The Morgan fingerprint density at radius 2 is 1.25 bits per heavy atom. The highest BCUT2D eigenvalue weighted by atomic mass is 32.2. The van der Waals surface area contributed by atoms with E-state index in [9.17, 15) is 13.0 Å². The van der Waals surface area contributed by atoms with Crippen LogP contribution in [-0.2, 0) is 19.6 Å². The molecule has 0 N–H and O–H groups in total. The van der Waals surface area contributed by atoms with Crippen LogP contribution in [0.4, 0.5) is 17.1 Å². The number of fused-ring (bicyclic) bond motifs is 2. The summed E-state index contributed by atoms with van der Waals surface area (Å²) in [5, 5.41) is 1.56. The van der Waals surface area contributed by atoms with E-state index in [1.54, 1.807) is 41.7 Å². The zero-order valence-corrected chi connectivity index (χ0v) is 38.3. The molecule has 1 heterocycles. The minimum absolute atomic E-state index is 0.287. The molecule has 0 spiro atoms. The molecule has 0 bridgehead atoms. The van der Waals surface area contributed by atoms with Crippen LogP contribution in [-0.4, -0.2) is 64.0 Å². The van der Waals surface area contributed by atoms with Gasteiger partial charge in [0.05, 0.1) is 30.8 Å². The molecule has 8 rings (SSSR count). The van der Waals surface area contributed by atoms with Gasteiger partial charge < -0.3 is 23.3 Å². The van der Waals surface area contributed by atoms with Crippen LogP contribution in [0.1, 0.15) is 11.1 Å². The molecule has 6 aromatic rings. The molecule has 6 aromatic carbocycles. The van der Waals surface area contributed by atoms with Crippen LogP contribution in [0.2, 0.25) is 0 Å². The van der Waals surface area contributed by atoms with Crippen molar-refractivity contribution in [2.24, 2.45) is 0 Å². The number of rotatable bonds is 19. The zero-order chi connectivity index (χ0) is 44.3. The molecule has 64 heavy (non-hydrogen) atoms. The first-order chi connectivity index (χ1) is 31.2. The Morgan fingerprint density at radius 1 is 0.625 bits per heavy atom. The molecule has 0 saturated carbocycles. The fourth-order valence-electron chi connectivity index (χ4n) is 7.88. The molecule has 0 fully saturated rings. The maximum Gasteiger partial charge on any atom is 0.209 e. The average molecular weight is 907 g/mol. The number of benzene rings is 7. The molecule has 0 unspecified atom stereocenters. The van der Waals surface area contributed by atoms with Crippen LogP contribution in [0.25, 0.3) is 33.4 Å². The molecule has 11 heteroatoms. The van der Waals surface area contributed by atoms with Gasteiger partial charge in [0.25, 0.3) is 0 Å². The molecule has 0 atom stereocenters. The summed E-state index contributed by atoms with van der Waals surface area (Å²) >= 11 is 3.54. The molecular weight excluding hydrogens is 857 g/mol. The maximum absolute atomic E-state index is 12.8. The normalized spacial score (nSPS) is 12.2. The van der Waals surface area contributed by atoms with Gasteiger partial charge in [-0.05, 0) is 74.0 Å². The van der Waals surface area contributed by atoms with E-state index in [-0.39, 0.29) is 4.90 Å². The van der Waals surface area contributed by atoms with Crippen LogP contribution in [0.3, 0.4) is 0 Å². The van der Waals surface area contributed by atoms with Gasteiger partial charge >= 0.3 is 0 Å². The molecule has 1 aliphatic heterocycles. The number of aryl methyl sites for hydroxylation is 2. The fraction of sp³-hybridized carbons (Fsp3) is 0.189. The third-order valence-corrected chi connectivity index (χ3v) is 13.8. The Labute approximate surface area is 384 Å². The molecule has 0 amide bonds. The largest absolute Gasteiger partial charge is 0.744 e. The predicted octanol–water partition coefficient (Wildman–Crippen LogP) is 11.6. The van der Waals surface area contributed by atoms with Crippen molar-refractivity contribution in [2.75, 3.05) is 55.9 Å². The second-order valence-corrected chi connectivity index (χ2v) is 18.9. The van der Waals surface area contributed by atoms with Gasteiger partial charge in [-0.2, -0.15) is 4.58 Å². The number of thioether (sulfide) groups is 2. The molecule has 2 aliphatic rings. The van der Waals surface area contributed by atoms with E-state index in [0.717, 1.165) is 45.1 Å². The lowest BCUT2D eigenvalue weighted by Gasteiger charge is -2.27. The lowest BCUT2D eigenvalue weighted by Crippen LogP contribution is -2.29. The highest BCUT2D eigenvalue weighted by Gasteiger charge is 2.24. The summed E-state index contributed by atoms with van der Waals surface area (Å²) in [7, 11) is -4.84. The Kier molecular flexibility index (Phi) is 15.0. The zero-order valence-electron chi connectivity index (χ0n) is 35.9. The van der Waals surface area contributed by atoms with Gasteiger partial charge in [0.15, 0.2) is 6.54 Å². The van der Waals surface area contributed by atoms with E-state index in [2.05, 4.69) is 71.9 Å². The van der Waals surface area contributed by atoms with E-state index in [1.165, 1.54) is 15.9 Å². The summed E-state index contributed by atoms with van der Waals surface area (Å²) in [4.78, 5) is 4.36. The van der Waals surface area contributed by atoms with Crippen molar-refractivity contribution in [3.05, 3.63) is 186 Å². The minimum Gasteiger partial charge on any atom is -0.744 e. The van der Waals surface area contributed by atoms with Gasteiger partial charge in [0.1, 0.15) is 28.1 Å². The number of para-hydroxylation sites is 2. The Morgan fingerprint density at radius 3 is 1.94 bits per heavy atom. The van der Waals surface area contributed by atoms with Crippen molar-refractivity contribution in [3.63, 3.8) is 0 Å². The van der Waals surface area contributed by atoms with Crippen molar-refractivity contribution in [3.8, 4) is 22.5 Å². The number of anilines is 2. The molecule has 1 aliphatic carbocycles. The SMILES string of the molecule is Cc1ccccc1N(CCOCCSc1ccccc1)c1ccc2c(-c3ccccc3S(=O)(=O)[O-])c3ccc(=[N+](CCOCCSc4ccccc4)c4ccccc4C)cc-3oc2c1. The van der Waals surface area contributed by atoms with Gasteiger partial charge in [-0.25, -0.2) is 8.42 Å². The topological polar surface area (TPSA) is 95.1 Å². The Balaban J connectivity index is 1.19. The van der Waals surface area contributed by atoms with Crippen LogP contribution >= 0.6 is 23.5 Å². The maximum atomic E-state index is 12.8. The average Bonchev–Trinajstić information content (AvgIpc) is 3.31. The third-order valence-electron chi connectivity index (χ3n) is 10.9. The number of nitrogens with zero attached hydrogens (tertiary/aromatic N) is 2. The molecular formula is C53H50N2O6S3. The summed E-state index contributed by atoms with van der Waals surface area (Å²) in [6, 6.07) is 55.5. The van der Waals surface area contributed by atoms with Crippen molar-refractivity contribution in [1.82, 2.24) is 4.58 Å². The Bertz CT molecular complexity index is 2980. The number of ether oxygens (including phenoxy) is 2.